The Hall–Kier alpha value is -1.75. The molecule has 0 aliphatic heterocycles. The van der Waals surface area contributed by atoms with Crippen molar-refractivity contribution < 1.29 is 15.3 Å². The highest BCUT2D eigenvalue weighted by atomic mass is 16.3. The highest BCUT2D eigenvalue weighted by molar-refractivity contribution is 5.33. The Morgan fingerprint density at radius 1 is 1.31 bits per heavy atom. The van der Waals surface area contributed by atoms with E-state index < -0.39 is 25.4 Å². The van der Waals surface area contributed by atoms with Gasteiger partial charge < -0.3 is 20.6 Å². The normalized spacial score (nSPS) is 10.9. The van der Waals surface area contributed by atoms with Gasteiger partial charge in [0.2, 0.25) is 5.95 Å². The van der Waals surface area contributed by atoms with Crippen LogP contribution in [0.25, 0.3) is 0 Å². The molecule has 16 heavy (non-hydrogen) atoms. The van der Waals surface area contributed by atoms with Crippen LogP contribution in [0.2, 0.25) is 0 Å². The SMILES string of the molecule is N#Cc1ccnc(NC(CO)(CO)CO)n1. The van der Waals surface area contributed by atoms with E-state index in [-0.39, 0.29) is 11.6 Å². The fourth-order valence-electron chi connectivity index (χ4n) is 0.987. The van der Waals surface area contributed by atoms with Crippen molar-refractivity contribution >= 4 is 5.95 Å². The molecule has 0 aromatic carbocycles. The van der Waals surface area contributed by atoms with Crippen molar-refractivity contribution in [1.82, 2.24) is 9.97 Å². The van der Waals surface area contributed by atoms with E-state index in [1.807, 2.05) is 6.07 Å². The van der Waals surface area contributed by atoms with Crippen LogP contribution in [0.3, 0.4) is 0 Å². The van der Waals surface area contributed by atoms with Gasteiger partial charge in [0, 0.05) is 6.20 Å². The predicted octanol–water partition coefficient (Wildman–Crippen LogP) is -1.52. The first-order valence-electron chi connectivity index (χ1n) is 4.53. The average molecular weight is 224 g/mol. The van der Waals surface area contributed by atoms with E-state index in [1.165, 1.54) is 12.3 Å². The van der Waals surface area contributed by atoms with Gasteiger partial charge in [-0.2, -0.15) is 5.26 Å². The van der Waals surface area contributed by atoms with Crippen LogP contribution in [0, 0.1) is 11.3 Å². The molecule has 0 radical (unpaired) electrons. The summed E-state index contributed by atoms with van der Waals surface area (Å²) in [6.45, 7) is -1.46. The van der Waals surface area contributed by atoms with Crippen molar-refractivity contribution in [1.29, 1.82) is 5.26 Å². The molecule has 86 valence electrons. The van der Waals surface area contributed by atoms with Gasteiger partial charge in [-0.15, -0.1) is 0 Å². The van der Waals surface area contributed by atoms with Gasteiger partial charge >= 0.3 is 0 Å². The molecular formula is C9H12N4O3. The maximum atomic E-state index is 9.06. The molecule has 0 unspecified atom stereocenters. The van der Waals surface area contributed by atoms with Gasteiger partial charge in [-0.3, -0.25) is 0 Å². The number of anilines is 1. The number of nitrogens with one attached hydrogen (secondary N) is 1. The van der Waals surface area contributed by atoms with Crippen LogP contribution in [0.4, 0.5) is 5.95 Å². The van der Waals surface area contributed by atoms with E-state index >= 15 is 0 Å². The lowest BCUT2D eigenvalue weighted by molar-refractivity contribution is 0.0828. The first kappa shape index (κ1) is 12.3. The zero-order valence-electron chi connectivity index (χ0n) is 8.46. The first-order valence-corrected chi connectivity index (χ1v) is 4.53. The van der Waals surface area contributed by atoms with Crippen LogP contribution >= 0.6 is 0 Å². The van der Waals surface area contributed by atoms with Gasteiger partial charge in [0.15, 0.2) is 0 Å². The van der Waals surface area contributed by atoms with Crippen LogP contribution in [0.1, 0.15) is 5.69 Å². The second-order valence-electron chi connectivity index (χ2n) is 3.26. The van der Waals surface area contributed by atoms with Crippen LogP contribution in [-0.2, 0) is 0 Å². The number of hydrogen-bond donors (Lipinski definition) is 4. The molecule has 0 atom stereocenters. The van der Waals surface area contributed by atoms with Crippen molar-refractivity contribution in [3.8, 4) is 6.07 Å². The highest BCUT2D eigenvalue weighted by Gasteiger charge is 2.28. The number of nitriles is 1. The van der Waals surface area contributed by atoms with Crippen LogP contribution in [0.5, 0.6) is 0 Å². The third-order valence-electron chi connectivity index (χ3n) is 2.06. The Kier molecular flexibility index (Phi) is 4.13. The number of aliphatic hydroxyl groups excluding tert-OH is 3. The van der Waals surface area contributed by atoms with E-state index in [1.54, 1.807) is 0 Å². The van der Waals surface area contributed by atoms with Crippen molar-refractivity contribution in [3.63, 3.8) is 0 Å². The summed E-state index contributed by atoms with van der Waals surface area (Å²) in [7, 11) is 0. The molecule has 0 saturated heterocycles. The monoisotopic (exact) mass is 224 g/mol. The summed E-state index contributed by atoms with van der Waals surface area (Å²) in [4.78, 5) is 7.61. The molecular weight excluding hydrogens is 212 g/mol. The second-order valence-corrected chi connectivity index (χ2v) is 3.26. The molecule has 7 heteroatoms. The Balaban J connectivity index is 2.90. The summed E-state index contributed by atoms with van der Waals surface area (Å²) in [6.07, 6.45) is 1.37. The Morgan fingerprint density at radius 3 is 2.44 bits per heavy atom. The molecule has 1 heterocycles. The lowest BCUT2D eigenvalue weighted by Gasteiger charge is -2.28. The minimum absolute atomic E-state index is 0.0659. The topological polar surface area (TPSA) is 122 Å². The fourth-order valence-corrected chi connectivity index (χ4v) is 0.987. The molecule has 1 aromatic heterocycles. The molecule has 0 fully saturated rings. The van der Waals surface area contributed by atoms with Crippen molar-refractivity contribution in [2.45, 2.75) is 5.54 Å². The summed E-state index contributed by atoms with van der Waals surface area (Å²) in [6, 6.07) is 3.25. The number of rotatable bonds is 5. The van der Waals surface area contributed by atoms with Gasteiger partial charge in [-0.25, -0.2) is 9.97 Å². The minimum atomic E-state index is -1.30. The lowest BCUT2D eigenvalue weighted by atomic mass is 10.0. The number of nitrogens with zero attached hydrogens (tertiary/aromatic N) is 3. The van der Waals surface area contributed by atoms with Crippen molar-refractivity contribution in [2.24, 2.45) is 0 Å². The van der Waals surface area contributed by atoms with Gasteiger partial charge in [0.05, 0.1) is 19.8 Å². The second kappa shape index (κ2) is 5.37. The molecule has 1 aromatic rings. The molecule has 0 spiro atoms. The molecule has 0 bridgehead atoms. The first-order chi connectivity index (χ1) is 7.69. The molecule has 1 rings (SSSR count). The third-order valence-corrected chi connectivity index (χ3v) is 2.06. The van der Waals surface area contributed by atoms with Gasteiger partial charge in [0.25, 0.3) is 0 Å². The van der Waals surface area contributed by atoms with Crippen molar-refractivity contribution in [2.75, 3.05) is 25.1 Å². The van der Waals surface area contributed by atoms with E-state index in [2.05, 4.69) is 15.3 Å². The zero-order valence-corrected chi connectivity index (χ0v) is 8.46. The van der Waals surface area contributed by atoms with Crippen LogP contribution < -0.4 is 5.32 Å². The predicted molar refractivity (Wildman–Crippen MR) is 54.4 cm³/mol. The molecule has 7 nitrogen and oxygen atoms in total. The Bertz CT molecular complexity index is 378. The average Bonchev–Trinajstić information content (AvgIpc) is 2.36. The summed E-state index contributed by atoms with van der Waals surface area (Å²) in [5.41, 5.74) is -1.14. The summed E-state index contributed by atoms with van der Waals surface area (Å²) in [5, 5.41) is 38.4. The summed E-state index contributed by atoms with van der Waals surface area (Å²) < 4.78 is 0. The zero-order chi connectivity index (χ0) is 12.0. The lowest BCUT2D eigenvalue weighted by Crippen LogP contribution is -2.49. The standard InChI is InChI=1S/C9H12N4O3/c10-3-7-1-2-11-8(12-7)13-9(4-14,5-15)6-16/h1-2,14-16H,4-6H2,(H,11,12,13). The van der Waals surface area contributed by atoms with E-state index in [0.717, 1.165) is 0 Å². The van der Waals surface area contributed by atoms with Crippen molar-refractivity contribution in [3.05, 3.63) is 18.0 Å². The number of hydrogen-bond acceptors (Lipinski definition) is 7. The molecule has 0 aliphatic rings. The largest absolute Gasteiger partial charge is 0.394 e. The summed E-state index contributed by atoms with van der Waals surface area (Å²) >= 11 is 0. The van der Waals surface area contributed by atoms with E-state index in [4.69, 9.17) is 20.6 Å². The fraction of sp³-hybridized carbons (Fsp3) is 0.444. The Labute approximate surface area is 92.0 Å². The smallest absolute Gasteiger partial charge is 0.224 e. The molecule has 0 aliphatic carbocycles. The van der Waals surface area contributed by atoms with Gasteiger partial charge in [0.1, 0.15) is 17.3 Å². The van der Waals surface area contributed by atoms with Crippen LogP contribution in [0.15, 0.2) is 12.3 Å². The maximum absolute atomic E-state index is 9.06. The van der Waals surface area contributed by atoms with Gasteiger partial charge in [-0.1, -0.05) is 0 Å². The molecule has 4 N–H and O–H groups in total. The van der Waals surface area contributed by atoms with E-state index in [9.17, 15) is 0 Å². The summed E-state index contributed by atoms with van der Waals surface area (Å²) in [5.74, 6) is 0.0659. The van der Waals surface area contributed by atoms with Gasteiger partial charge in [-0.05, 0) is 6.07 Å². The molecule has 0 amide bonds. The quantitative estimate of drug-likeness (QED) is 0.478. The number of aromatic nitrogens is 2. The number of aliphatic hydroxyl groups is 3. The minimum Gasteiger partial charge on any atom is -0.394 e. The maximum Gasteiger partial charge on any atom is 0.224 e. The third kappa shape index (κ3) is 2.64. The van der Waals surface area contributed by atoms with Crippen LogP contribution in [-0.4, -0.2) is 50.6 Å². The highest BCUT2D eigenvalue weighted by Crippen LogP contribution is 2.10. The molecule has 0 saturated carbocycles. The van der Waals surface area contributed by atoms with E-state index in [0.29, 0.717) is 0 Å². The Morgan fingerprint density at radius 2 is 1.94 bits per heavy atom.